The number of thioether (sulfide) groups is 1. The molecule has 0 saturated carbocycles. The molecule has 1 aliphatic heterocycles. The quantitative estimate of drug-likeness (QED) is 0.850. The Hall–Kier alpha value is -0.960. The molecule has 0 spiro atoms. The summed E-state index contributed by atoms with van der Waals surface area (Å²) >= 11 is 1.83. The lowest BCUT2D eigenvalue weighted by Crippen LogP contribution is -2.26. The van der Waals surface area contributed by atoms with E-state index >= 15 is 0 Å². The van der Waals surface area contributed by atoms with Crippen molar-refractivity contribution in [2.75, 3.05) is 12.3 Å². The van der Waals surface area contributed by atoms with Gasteiger partial charge < -0.3 is 5.32 Å². The SMILES string of the molecule is Cc1ccc(C(C)NC2=NCCCS2)cc1. The highest BCUT2D eigenvalue weighted by Gasteiger charge is 2.10. The molecule has 0 radical (unpaired) electrons. The molecule has 1 N–H and O–H groups in total. The second kappa shape index (κ2) is 5.39. The molecule has 86 valence electrons. The van der Waals surface area contributed by atoms with Crippen LogP contribution in [0.1, 0.15) is 30.5 Å². The number of hydrogen-bond donors (Lipinski definition) is 1. The summed E-state index contributed by atoms with van der Waals surface area (Å²) in [6, 6.07) is 9.01. The summed E-state index contributed by atoms with van der Waals surface area (Å²) in [5.74, 6) is 1.19. The van der Waals surface area contributed by atoms with Crippen LogP contribution >= 0.6 is 11.8 Å². The van der Waals surface area contributed by atoms with Gasteiger partial charge in [-0.1, -0.05) is 41.6 Å². The Morgan fingerprint density at radius 2 is 2.06 bits per heavy atom. The third kappa shape index (κ3) is 3.01. The van der Waals surface area contributed by atoms with Crippen molar-refractivity contribution in [2.24, 2.45) is 4.99 Å². The fourth-order valence-electron chi connectivity index (χ4n) is 1.67. The molecule has 2 nitrogen and oxygen atoms in total. The first kappa shape index (κ1) is 11.5. The molecular weight excluding hydrogens is 216 g/mol. The summed E-state index contributed by atoms with van der Waals surface area (Å²) in [5.41, 5.74) is 2.62. The molecular formula is C13H18N2S. The molecule has 1 aliphatic rings. The first-order chi connectivity index (χ1) is 7.75. The maximum atomic E-state index is 4.48. The van der Waals surface area contributed by atoms with Crippen molar-refractivity contribution in [3.05, 3.63) is 35.4 Å². The van der Waals surface area contributed by atoms with Crippen molar-refractivity contribution >= 4 is 16.9 Å². The number of rotatable bonds is 2. The van der Waals surface area contributed by atoms with Gasteiger partial charge in [0, 0.05) is 12.3 Å². The highest BCUT2D eigenvalue weighted by molar-refractivity contribution is 8.13. The lowest BCUT2D eigenvalue weighted by Gasteiger charge is -2.19. The molecule has 2 rings (SSSR count). The highest BCUT2D eigenvalue weighted by Crippen LogP contribution is 2.17. The van der Waals surface area contributed by atoms with E-state index in [4.69, 9.17) is 0 Å². The maximum absolute atomic E-state index is 4.48. The topological polar surface area (TPSA) is 24.4 Å². The van der Waals surface area contributed by atoms with Gasteiger partial charge in [-0.25, -0.2) is 0 Å². The minimum atomic E-state index is 0.338. The summed E-state index contributed by atoms with van der Waals surface area (Å²) in [6.07, 6.45) is 1.20. The lowest BCUT2D eigenvalue weighted by atomic mass is 10.1. The first-order valence-electron chi connectivity index (χ1n) is 5.76. The van der Waals surface area contributed by atoms with Gasteiger partial charge in [0.25, 0.3) is 0 Å². The van der Waals surface area contributed by atoms with Gasteiger partial charge in [0.15, 0.2) is 5.17 Å². The van der Waals surface area contributed by atoms with Crippen LogP contribution in [0.3, 0.4) is 0 Å². The van der Waals surface area contributed by atoms with E-state index in [-0.39, 0.29) is 0 Å². The zero-order chi connectivity index (χ0) is 11.4. The molecule has 0 fully saturated rings. The molecule has 1 aromatic rings. The van der Waals surface area contributed by atoms with Gasteiger partial charge in [0.05, 0.1) is 6.04 Å². The standard InChI is InChI=1S/C13H18N2S/c1-10-4-6-12(7-5-10)11(2)15-13-14-8-3-9-16-13/h4-7,11H,3,8-9H2,1-2H3,(H,14,15). The predicted octanol–water partition coefficient (Wildman–Crippen LogP) is 3.14. The molecule has 0 aliphatic carbocycles. The van der Waals surface area contributed by atoms with Gasteiger partial charge in [-0.05, 0) is 25.8 Å². The van der Waals surface area contributed by atoms with Crippen molar-refractivity contribution in [2.45, 2.75) is 26.3 Å². The first-order valence-corrected chi connectivity index (χ1v) is 6.74. The number of hydrogen-bond acceptors (Lipinski definition) is 3. The van der Waals surface area contributed by atoms with Crippen molar-refractivity contribution in [1.29, 1.82) is 0 Å². The van der Waals surface area contributed by atoms with Crippen molar-refractivity contribution < 1.29 is 0 Å². The summed E-state index contributed by atoms with van der Waals surface area (Å²) < 4.78 is 0. The molecule has 3 heteroatoms. The van der Waals surface area contributed by atoms with E-state index in [0.29, 0.717) is 6.04 Å². The molecule has 0 aromatic heterocycles. The Balaban J connectivity index is 1.99. The zero-order valence-corrected chi connectivity index (χ0v) is 10.7. The number of nitrogens with zero attached hydrogens (tertiary/aromatic N) is 1. The largest absolute Gasteiger partial charge is 0.358 e. The summed E-state index contributed by atoms with van der Waals surface area (Å²) in [5, 5.41) is 4.56. The van der Waals surface area contributed by atoms with Gasteiger partial charge >= 0.3 is 0 Å². The highest BCUT2D eigenvalue weighted by atomic mass is 32.2. The molecule has 1 unspecified atom stereocenters. The number of nitrogens with one attached hydrogen (secondary N) is 1. The van der Waals surface area contributed by atoms with E-state index in [9.17, 15) is 0 Å². The van der Waals surface area contributed by atoms with E-state index in [1.165, 1.54) is 23.3 Å². The van der Waals surface area contributed by atoms with Crippen LogP contribution in [-0.2, 0) is 0 Å². The van der Waals surface area contributed by atoms with E-state index < -0.39 is 0 Å². The van der Waals surface area contributed by atoms with Gasteiger partial charge in [0.1, 0.15) is 0 Å². The lowest BCUT2D eigenvalue weighted by molar-refractivity contribution is 0.717. The predicted molar refractivity (Wildman–Crippen MR) is 72.1 cm³/mol. The Kier molecular flexibility index (Phi) is 3.88. The Labute approximate surface area is 102 Å². The Morgan fingerprint density at radius 1 is 1.31 bits per heavy atom. The third-order valence-electron chi connectivity index (χ3n) is 2.71. The minimum absolute atomic E-state index is 0.338. The van der Waals surface area contributed by atoms with E-state index in [2.05, 4.69) is 48.4 Å². The van der Waals surface area contributed by atoms with Crippen LogP contribution in [-0.4, -0.2) is 17.5 Å². The third-order valence-corrected chi connectivity index (χ3v) is 3.73. The average Bonchev–Trinajstić information content (AvgIpc) is 2.31. The Morgan fingerprint density at radius 3 is 2.69 bits per heavy atom. The van der Waals surface area contributed by atoms with Gasteiger partial charge in [-0.2, -0.15) is 0 Å². The number of aliphatic imine (C=N–C) groups is 1. The van der Waals surface area contributed by atoms with Crippen molar-refractivity contribution in [3.63, 3.8) is 0 Å². The second-order valence-corrected chi connectivity index (χ2v) is 5.25. The van der Waals surface area contributed by atoms with E-state index in [1.54, 1.807) is 0 Å². The van der Waals surface area contributed by atoms with Crippen LogP contribution in [0.5, 0.6) is 0 Å². The fourth-order valence-corrected chi connectivity index (χ4v) is 2.58. The second-order valence-electron chi connectivity index (χ2n) is 4.17. The van der Waals surface area contributed by atoms with Crippen LogP contribution in [0, 0.1) is 6.92 Å². The van der Waals surface area contributed by atoms with Crippen LogP contribution in [0.25, 0.3) is 0 Å². The van der Waals surface area contributed by atoms with Crippen LogP contribution in [0.15, 0.2) is 29.3 Å². The zero-order valence-electron chi connectivity index (χ0n) is 9.86. The van der Waals surface area contributed by atoms with Gasteiger partial charge in [0.2, 0.25) is 0 Å². The minimum Gasteiger partial charge on any atom is -0.358 e. The monoisotopic (exact) mass is 234 g/mol. The number of benzene rings is 1. The van der Waals surface area contributed by atoms with E-state index in [0.717, 1.165) is 11.7 Å². The van der Waals surface area contributed by atoms with Crippen molar-refractivity contribution in [3.8, 4) is 0 Å². The fraction of sp³-hybridized carbons (Fsp3) is 0.462. The van der Waals surface area contributed by atoms with Gasteiger partial charge in [-0.15, -0.1) is 0 Å². The normalized spacial score (nSPS) is 17.8. The molecule has 16 heavy (non-hydrogen) atoms. The molecule has 1 atom stereocenters. The molecule has 1 aromatic carbocycles. The summed E-state index contributed by atoms with van der Waals surface area (Å²) in [6.45, 7) is 5.27. The average molecular weight is 234 g/mol. The molecule has 0 amide bonds. The summed E-state index contributed by atoms with van der Waals surface area (Å²) in [7, 11) is 0. The maximum Gasteiger partial charge on any atom is 0.157 e. The van der Waals surface area contributed by atoms with Crippen LogP contribution < -0.4 is 5.32 Å². The molecule has 1 heterocycles. The molecule has 0 bridgehead atoms. The number of aryl methyl sites for hydroxylation is 1. The van der Waals surface area contributed by atoms with Gasteiger partial charge in [-0.3, -0.25) is 4.99 Å². The number of amidine groups is 1. The van der Waals surface area contributed by atoms with Crippen LogP contribution in [0.4, 0.5) is 0 Å². The van der Waals surface area contributed by atoms with Crippen molar-refractivity contribution in [1.82, 2.24) is 5.32 Å². The Bertz CT molecular complexity index is 370. The van der Waals surface area contributed by atoms with Crippen LogP contribution in [0.2, 0.25) is 0 Å². The molecule has 0 saturated heterocycles. The smallest absolute Gasteiger partial charge is 0.157 e. The summed E-state index contributed by atoms with van der Waals surface area (Å²) in [4.78, 5) is 4.48. The van der Waals surface area contributed by atoms with E-state index in [1.807, 2.05) is 11.8 Å².